The summed E-state index contributed by atoms with van der Waals surface area (Å²) in [4.78, 5) is 0. The van der Waals surface area contributed by atoms with Crippen LogP contribution in [0, 0.1) is 18.6 Å². The smallest absolute Gasteiger partial charge is 0.184 e. The highest BCUT2D eigenvalue weighted by molar-refractivity contribution is 7.80. The molecule has 34 heavy (non-hydrogen) atoms. The third-order valence-corrected chi connectivity index (χ3v) is 5.88. The summed E-state index contributed by atoms with van der Waals surface area (Å²) in [6.07, 6.45) is 1.77. The fourth-order valence-electron chi connectivity index (χ4n) is 3.51. The van der Waals surface area contributed by atoms with Gasteiger partial charge in [-0.05, 0) is 43.3 Å². The van der Waals surface area contributed by atoms with Gasteiger partial charge in [0.2, 0.25) is 0 Å². The van der Waals surface area contributed by atoms with E-state index in [4.69, 9.17) is 4.74 Å². The van der Waals surface area contributed by atoms with Gasteiger partial charge in [0.1, 0.15) is 17.4 Å². The minimum Gasteiger partial charge on any atom is -0.754 e. The zero-order valence-electron chi connectivity index (χ0n) is 18.7. The number of ether oxygens (including phenoxy) is 1. The van der Waals surface area contributed by atoms with Gasteiger partial charge >= 0.3 is 0 Å². The fourth-order valence-corrected chi connectivity index (χ4v) is 4.07. The Morgan fingerprint density at radius 2 is 1.82 bits per heavy atom. The van der Waals surface area contributed by atoms with Gasteiger partial charge in [-0.25, -0.2) is 18.2 Å². The van der Waals surface area contributed by atoms with Crippen LogP contribution < -0.4 is 14.5 Å². The Kier molecular flexibility index (Phi) is 6.46. The summed E-state index contributed by atoms with van der Waals surface area (Å²) < 4.78 is 60.1. The molecule has 1 N–H and O–H groups in total. The van der Waals surface area contributed by atoms with Crippen molar-refractivity contribution >= 4 is 28.3 Å². The molecule has 2 aromatic heterocycles. The summed E-state index contributed by atoms with van der Waals surface area (Å²) >= 11 is -2.60. The second-order valence-electron chi connectivity index (χ2n) is 7.53. The van der Waals surface area contributed by atoms with Crippen LogP contribution in [0.5, 0.6) is 11.5 Å². The van der Waals surface area contributed by atoms with Crippen LogP contribution in [0.15, 0.2) is 48.7 Å². The van der Waals surface area contributed by atoms with Crippen molar-refractivity contribution in [3.8, 4) is 22.6 Å². The van der Waals surface area contributed by atoms with Crippen LogP contribution in [-0.4, -0.2) is 49.5 Å². The molecule has 4 rings (SSSR count). The highest BCUT2D eigenvalue weighted by Gasteiger charge is 2.18. The molecule has 1 unspecified atom stereocenters. The van der Waals surface area contributed by atoms with E-state index in [1.807, 2.05) is 0 Å². The molecule has 0 aliphatic carbocycles. The van der Waals surface area contributed by atoms with E-state index in [9.17, 15) is 17.5 Å². The summed E-state index contributed by atoms with van der Waals surface area (Å²) in [7, 11) is 4.90. The summed E-state index contributed by atoms with van der Waals surface area (Å²) in [6.45, 7) is 1.79. The molecule has 12 heteroatoms. The average Bonchev–Trinajstić information content (AvgIpc) is 3.16. The van der Waals surface area contributed by atoms with Crippen molar-refractivity contribution in [2.75, 3.05) is 30.9 Å². The third-order valence-electron chi connectivity index (χ3n) is 5.06. The van der Waals surface area contributed by atoms with Crippen LogP contribution in [-0.2, 0) is 11.3 Å². The largest absolute Gasteiger partial charge is 0.754 e. The molecule has 0 aliphatic heterocycles. The van der Waals surface area contributed by atoms with Gasteiger partial charge in [0, 0.05) is 44.5 Å². The van der Waals surface area contributed by atoms with Crippen LogP contribution in [0.3, 0.4) is 0 Å². The van der Waals surface area contributed by atoms with Gasteiger partial charge in [-0.2, -0.15) is 0 Å². The minimum absolute atomic E-state index is 0.178. The van der Waals surface area contributed by atoms with E-state index in [-0.39, 0.29) is 11.5 Å². The number of nitrogens with zero attached hydrogens (tertiary/aromatic N) is 5. The second-order valence-corrected chi connectivity index (χ2v) is 8.31. The Labute approximate surface area is 197 Å². The monoisotopic (exact) mass is 487 g/mol. The number of fused-ring (bicyclic) bond motifs is 1. The lowest BCUT2D eigenvalue weighted by atomic mass is 10.0. The lowest BCUT2D eigenvalue weighted by Crippen LogP contribution is -2.38. The standard InChI is InChI=1S/C22H22F2N6O3S/c1-13-26-27-22-19(25-2)9-14(12-29(13)22)17-11-16(30(28(3)4)34(31)32)6-8-20(17)33-21-7-5-15(23)10-18(21)24/h5-12,25H,1-4H3,(H,31,32)/p-1. The molecule has 0 saturated heterocycles. The Morgan fingerprint density at radius 3 is 2.47 bits per heavy atom. The summed E-state index contributed by atoms with van der Waals surface area (Å²) in [5.74, 6) is -0.912. The van der Waals surface area contributed by atoms with Gasteiger partial charge in [-0.15, -0.1) is 10.2 Å². The number of rotatable bonds is 7. The number of hydrazine groups is 1. The molecule has 0 bridgehead atoms. The maximum Gasteiger partial charge on any atom is 0.184 e. The molecular weight excluding hydrogens is 466 g/mol. The first kappa shape index (κ1) is 23.5. The molecular formula is C22H21F2N6O3S-. The molecule has 4 aromatic rings. The first-order valence-electron chi connectivity index (χ1n) is 10.1. The Balaban J connectivity index is 1.93. The Bertz CT molecular complexity index is 1390. The predicted octanol–water partition coefficient (Wildman–Crippen LogP) is 3.89. The molecule has 2 heterocycles. The number of halogens is 2. The number of aryl methyl sites for hydroxylation is 1. The van der Waals surface area contributed by atoms with Gasteiger partial charge in [0.25, 0.3) is 0 Å². The van der Waals surface area contributed by atoms with Crippen molar-refractivity contribution in [3.63, 3.8) is 0 Å². The van der Waals surface area contributed by atoms with Crippen LogP contribution in [0.25, 0.3) is 16.8 Å². The van der Waals surface area contributed by atoms with Gasteiger partial charge in [0.05, 0.1) is 22.6 Å². The van der Waals surface area contributed by atoms with Crippen molar-refractivity contribution in [1.29, 1.82) is 0 Å². The topological polar surface area (TPSA) is 98.1 Å². The highest BCUT2D eigenvalue weighted by Crippen LogP contribution is 2.39. The molecule has 0 fully saturated rings. The van der Waals surface area contributed by atoms with Crippen molar-refractivity contribution in [2.24, 2.45) is 0 Å². The van der Waals surface area contributed by atoms with Crippen molar-refractivity contribution in [1.82, 2.24) is 19.6 Å². The number of aromatic nitrogens is 3. The van der Waals surface area contributed by atoms with Crippen molar-refractivity contribution in [3.05, 3.63) is 66.1 Å². The SMILES string of the molecule is CNc1cc(-c2cc(N(N(C)C)S(=O)[O-])ccc2Oc2ccc(F)cc2F)cn2c(C)nnc12. The number of anilines is 2. The minimum atomic E-state index is -2.60. The first-order valence-corrected chi connectivity index (χ1v) is 11.1. The van der Waals surface area contributed by atoms with Gasteiger partial charge < -0.3 is 14.6 Å². The average molecular weight is 488 g/mol. The lowest BCUT2D eigenvalue weighted by molar-refractivity contribution is 0.411. The molecule has 1 atom stereocenters. The lowest BCUT2D eigenvalue weighted by Gasteiger charge is -2.32. The number of hydrogen-bond acceptors (Lipinski definition) is 7. The van der Waals surface area contributed by atoms with Crippen LogP contribution in [0.2, 0.25) is 0 Å². The number of benzene rings is 2. The first-order chi connectivity index (χ1) is 16.2. The van der Waals surface area contributed by atoms with E-state index in [1.54, 1.807) is 50.8 Å². The van der Waals surface area contributed by atoms with Gasteiger partial charge in [-0.1, -0.05) is 0 Å². The molecule has 0 amide bonds. The Hall–Kier alpha value is -3.61. The molecule has 0 spiro atoms. The fraction of sp³-hybridized carbons (Fsp3) is 0.182. The molecule has 0 saturated carbocycles. The normalized spacial score (nSPS) is 12.2. The summed E-state index contributed by atoms with van der Waals surface area (Å²) in [5.41, 5.74) is 2.67. The van der Waals surface area contributed by atoms with E-state index in [2.05, 4.69) is 15.5 Å². The second kappa shape index (κ2) is 9.33. The Morgan fingerprint density at radius 1 is 1.09 bits per heavy atom. The van der Waals surface area contributed by atoms with E-state index in [0.717, 1.165) is 16.5 Å². The molecule has 2 aromatic carbocycles. The molecule has 178 valence electrons. The van der Waals surface area contributed by atoms with Gasteiger partial charge in [-0.3, -0.25) is 8.61 Å². The van der Waals surface area contributed by atoms with Crippen molar-refractivity contribution in [2.45, 2.75) is 6.92 Å². The molecule has 9 nitrogen and oxygen atoms in total. The van der Waals surface area contributed by atoms with Crippen LogP contribution in [0.4, 0.5) is 20.2 Å². The highest BCUT2D eigenvalue weighted by atomic mass is 32.2. The van der Waals surface area contributed by atoms with E-state index in [0.29, 0.717) is 34.0 Å². The predicted molar refractivity (Wildman–Crippen MR) is 124 cm³/mol. The molecule has 0 radical (unpaired) electrons. The van der Waals surface area contributed by atoms with E-state index < -0.39 is 22.9 Å². The maximum absolute atomic E-state index is 14.3. The van der Waals surface area contributed by atoms with E-state index in [1.165, 1.54) is 23.2 Å². The zero-order chi connectivity index (χ0) is 24.6. The van der Waals surface area contributed by atoms with E-state index >= 15 is 0 Å². The van der Waals surface area contributed by atoms with Crippen LogP contribution >= 0.6 is 0 Å². The number of nitrogens with one attached hydrogen (secondary N) is 1. The maximum atomic E-state index is 14.3. The number of pyridine rings is 1. The zero-order valence-corrected chi connectivity index (χ0v) is 19.6. The number of hydrogen-bond donors (Lipinski definition) is 1. The quantitative estimate of drug-likeness (QED) is 0.312. The summed E-state index contributed by atoms with van der Waals surface area (Å²) in [5, 5.41) is 12.7. The van der Waals surface area contributed by atoms with Crippen LogP contribution in [0.1, 0.15) is 5.82 Å². The summed E-state index contributed by atoms with van der Waals surface area (Å²) in [6, 6.07) is 9.46. The third kappa shape index (κ3) is 4.42. The van der Waals surface area contributed by atoms with Gasteiger partial charge in [0.15, 0.2) is 17.2 Å². The molecule has 0 aliphatic rings. The van der Waals surface area contributed by atoms with Crippen molar-refractivity contribution < 1.29 is 22.3 Å².